The van der Waals surface area contributed by atoms with Crippen molar-refractivity contribution in [3.8, 4) is 0 Å². The van der Waals surface area contributed by atoms with E-state index in [-0.39, 0.29) is 0 Å². The van der Waals surface area contributed by atoms with E-state index in [4.69, 9.17) is 0 Å². The lowest BCUT2D eigenvalue weighted by Gasteiger charge is -2.36. The van der Waals surface area contributed by atoms with E-state index in [1.54, 1.807) is 0 Å². The molecule has 2 rings (SSSR count). The van der Waals surface area contributed by atoms with Crippen LogP contribution in [0.1, 0.15) is 39.5 Å². The maximum absolute atomic E-state index is 4.52. The molecule has 2 heterocycles. The van der Waals surface area contributed by atoms with Gasteiger partial charge in [-0.1, -0.05) is 13.8 Å². The molecule has 0 aromatic heterocycles. The molecule has 112 valence electrons. The molecule has 2 aliphatic rings. The highest BCUT2D eigenvalue weighted by atomic mass is 32.1. The molecular formula is C16H32N2S. The minimum atomic E-state index is 0.762. The lowest BCUT2D eigenvalue weighted by atomic mass is 9.93. The zero-order valence-corrected chi connectivity index (χ0v) is 13.7. The summed E-state index contributed by atoms with van der Waals surface area (Å²) in [5.41, 5.74) is 0. The van der Waals surface area contributed by atoms with Gasteiger partial charge < -0.3 is 9.80 Å². The van der Waals surface area contributed by atoms with Crippen LogP contribution in [0.3, 0.4) is 0 Å². The van der Waals surface area contributed by atoms with Gasteiger partial charge in [0.05, 0.1) is 0 Å². The van der Waals surface area contributed by atoms with Gasteiger partial charge in [0, 0.05) is 13.1 Å². The third-order valence-electron chi connectivity index (χ3n) is 5.09. The molecule has 0 spiro atoms. The normalized spacial score (nSPS) is 25.3. The molecule has 2 saturated heterocycles. The molecule has 0 bridgehead atoms. The lowest BCUT2D eigenvalue weighted by molar-refractivity contribution is 0.132. The van der Waals surface area contributed by atoms with E-state index < -0.39 is 0 Å². The summed E-state index contributed by atoms with van der Waals surface area (Å²) in [4.78, 5) is 5.37. The fourth-order valence-electron chi connectivity index (χ4n) is 3.49. The van der Waals surface area contributed by atoms with E-state index in [1.807, 2.05) is 0 Å². The molecule has 1 unspecified atom stereocenters. The molecule has 0 saturated carbocycles. The largest absolute Gasteiger partial charge is 0.303 e. The second-order valence-corrected chi connectivity index (χ2v) is 7.30. The molecule has 2 aliphatic heterocycles. The number of rotatable bonds is 6. The van der Waals surface area contributed by atoms with Crippen LogP contribution in [0.4, 0.5) is 0 Å². The van der Waals surface area contributed by atoms with Crippen LogP contribution in [0.25, 0.3) is 0 Å². The molecule has 0 radical (unpaired) electrons. The molecule has 0 aliphatic carbocycles. The number of thiol groups is 1. The van der Waals surface area contributed by atoms with Gasteiger partial charge in [0.2, 0.25) is 0 Å². The number of nitrogens with zero attached hydrogens (tertiary/aromatic N) is 2. The van der Waals surface area contributed by atoms with Gasteiger partial charge in [-0.2, -0.15) is 12.6 Å². The first-order valence-electron chi connectivity index (χ1n) is 8.24. The predicted molar refractivity (Wildman–Crippen MR) is 87.0 cm³/mol. The van der Waals surface area contributed by atoms with Crippen LogP contribution in [-0.2, 0) is 0 Å². The van der Waals surface area contributed by atoms with Gasteiger partial charge in [0.1, 0.15) is 0 Å². The molecule has 19 heavy (non-hydrogen) atoms. The third kappa shape index (κ3) is 4.95. The molecule has 0 aromatic carbocycles. The van der Waals surface area contributed by atoms with Gasteiger partial charge in [0.25, 0.3) is 0 Å². The summed E-state index contributed by atoms with van der Waals surface area (Å²) < 4.78 is 0. The summed E-state index contributed by atoms with van der Waals surface area (Å²) in [7, 11) is 0. The van der Waals surface area contributed by atoms with Crippen molar-refractivity contribution in [2.75, 3.05) is 45.0 Å². The Morgan fingerprint density at radius 2 is 1.63 bits per heavy atom. The Kier molecular flexibility index (Phi) is 6.51. The average Bonchev–Trinajstić information content (AvgIpc) is 2.90. The summed E-state index contributed by atoms with van der Waals surface area (Å²) in [6.07, 6.45) is 5.68. The summed E-state index contributed by atoms with van der Waals surface area (Å²) in [5.74, 6) is 3.52. The van der Waals surface area contributed by atoms with Crippen molar-refractivity contribution in [1.29, 1.82) is 0 Å². The van der Waals surface area contributed by atoms with Crippen LogP contribution in [-0.4, -0.2) is 54.8 Å². The molecule has 0 aromatic rings. The van der Waals surface area contributed by atoms with E-state index in [9.17, 15) is 0 Å². The highest BCUT2D eigenvalue weighted by molar-refractivity contribution is 7.80. The number of likely N-dealkylation sites (tertiary alicyclic amines) is 2. The molecular weight excluding hydrogens is 252 g/mol. The Labute approximate surface area is 125 Å². The molecule has 3 heteroatoms. The monoisotopic (exact) mass is 284 g/mol. The van der Waals surface area contributed by atoms with Crippen LogP contribution in [0.15, 0.2) is 0 Å². The zero-order chi connectivity index (χ0) is 13.7. The van der Waals surface area contributed by atoms with Gasteiger partial charge in [-0.25, -0.2) is 0 Å². The van der Waals surface area contributed by atoms with Crippen LogP contribution < -0.4 is 0 Å². The second-order valence-electron chi connectivity index (χ2n) is 6.94. The molecule has 0 N–H and O–H groups in total. The Hall–Kier alpha value is 0.270. The average molecular weight is 285 g/mol. The van der Waals surface area contributed by atoms with Crippen molar-refractivity contribution in [2.24, 2.45) is 17.8 Å². The van der Waals surface area contributed by atoms with Gasteiger partial charge in [-0.15, -0.1) is 0 Å². The zero-order valence-electron chi connectivity index (χ0n) is 12.9. The first kappa shape index (κ1) is 15.7. The quantitative estimate of drug-likeness (QED) is 0.749. The van der Waals surface area contributed by atoms with Crippen molar-refractivity contribution in [2.45, 2.75) is 39.5 Å². The first-order chi connectivity index (χ1) is 9.19. The lowest BCUT2D eigenvalue weighted by Crippen LogP contribution is -2.41. The standard InChI is InChI=1S/C16H32N2S/c1-14(2)16(13-19)12-18-9-5-15(6-10-18)11-17-7-3-4-8-17/h14-16,19H,3-13H2,1-2H3. The SMILES string of the molecule is CC(C)C(CS)CN1CCC(CN2CCCC2)CC1. The fraction of sp³-hybridized carbons (Fsp3) is 1.00. The highest BCUT2D eigenvalue weighted by Crippen LogP contribution is 2.23. The number of hydrogen-bond acceptors (Lipinski definition) is 3. The van der Waals surface area contributed by atoms with Crippen LogP contribution in [0.2, 0.25) is 0 Å². The molecule has 0 amide bonds. The first-order valence-corrected chi connectivity index (χ1v) is 8.88. The van der Waals surface area contributed by atoms with Gasteiger partial charge in [0.15, 0.2) is 0 Å². The van der Waals surface area contributed by atoms with E-state index in [0.29, 0.717) is 0 Å². The Balaban J connectivity index is 1.66. The Morgan fingerprint density at radius 1 is 1.00 bits per heavy atom. The molecule has 1 atom stereocenters. The number of hydrogen-bond donors (Lipinski definition) is 1. The van der Waals surface area contributed by atoms with Crippen LogP contribution >= 0.6 is 12.6 Å². The van der Waals surface area contributed by atoms with Gasteiger partial charge in [-0.3, -0.25) is 0 Å². The minimum absolute atomic E-state index is 0.762. The summed E-state index contributed by atoms with van der Waals surface area (Å²) in [5, 5.41) is 0. The van der Waals surface area contributed by atoms with Crippen molar-refractivity contribution < 1.29 is 0 Å². The second kappa shape index (κ2) is 7.90. The van der Waals surface area contributed by atoms with E-state index >= 15 is 0 Å². The Morgan fingerprint density at radius 3 is 2.16 bits per heavy atom. The summed E-state index contributed by atoms with van der Waals surface area (Å²) in [6.45, 7) is 12.6. The number of piperidine rings is 1. The predicted octanol–water partition coefficient (Wildman–Crippen LogP) is 3.00. The van der Waals surface area contributed by atoms with E-state index in [0.717, 1.165) is 23.5 Å². The third-order valence-corrected chi connectivity index (χ3v) is 5.56. The minimum Gasteiger partial charge on any atom is -0.303 e. The fourth-order valence-corrected chi connectivity index (χ4v) is 4.03. The highest BCUT2D eigenvalue weighted by Gasteiger charge is 2.24. The van der Waals surface area contributed by atoms with Crippen molar-refractivity contribution in [1.82, 2.24) is 9.80 Å². The topological polar surface area (TPSA) is 6.48 Å². The van der Waals surface area contributed by atoms with E-state index in [2.05, 4.69) is 36.3 Å². The maximum atomic E-state index is 4.52. The van der Waals surface area contributed by atoms with Crippen LogP contribution in [0, 0.1) is 17.8 Å². The molecule has 2 fully saturated rings. The van der Waals surface area contributed by atoms with Crippen molar-refractivity contribution >= 4 is 12.6 Å². The van der Waals surface area contributed by atoms with Gasteiger partial charge in [-0.05, 0) is 75.4 Å². The summed E-state index contributed by atoms with van der Waals surface area (Å²) in [6, 6.07) is 0. The van der Waals surface area contributed by atoms with Crippen molar-refractivity contribution in [3.05, 3.63) is 0 Å². The molecule has 2 nitrogen and oxygen atoms in total. The van der Waals surface area contributed by atoms with E-state index in [1.165, 1.54) is 65.0 Å². The summed E-state index contributed by atoms with van der Waals surface area (Å²) >= 11 is 4.52. The van der Waals surface area contributed by atoms with Crippen molar-refractivity contribution in [3.63, 3.8) is 0 Å². The van der Waals surface area contributed by atoms with Gasteiger partial charge >= 0.3 is 0 Å². The Bertz CT molecular complexity index is 243. The maximum Gasteiger partial charge on any atom is 0.00199 e. The smallest absolute Gasteiger partial charge is 0.00199 e. The van der Waals surface area contributed by atoms with Crippen LogP contribution in [0.5, 0.6) is 0 Å².